The normalized spacial score (nSPS) is 10.2. The molecule has 0 aliphatic carbocycles. The van der Waals surface area contributed by atoms with Gasteiger partial charge in [0.05, 0.1) is 12.1 Å². The summed E-state index contributed by atoms with van der Waals surface area (Å²) in [6.45, 7) is 0.346. The van der Waals surface area contributed by atoms with Gasteiger partial charge in [0.1, 0.15) is 18.5 Å². The number of nitrogens with zero attached hydrogens (tertiary/aromatic N) is 3. The first kappa shape index (κ1) is 13.7. The van der Waals surface area contributed by atoms with Crippen molar-refractivity contribution in [3.05, 3.63) is 42.2 Å². The molecule has 2 aromatic rings. The first-order valence-electron chi connectivity index (χ1n) is 5.71. The summed E-state index contributed by atoms with van der Waals surface area (Å²) in [6.07, 6.45) is 2.98. The molecule has 104 valence electrons. The molecule has 0 unspecified atom stereocenters. The minimum Gasteiger partial charge on any atom is -0.478 e. The molecule has 0 saturated heterocycles. The highest BCUT2D eigenvalue weighted by Crippen LogP contribution is 2.15. The molecule has 2 rings (SSSR count). The number of carbonyl (C=O) groups is 2. The van der Waals surface area contributed by atoms with E-state index in [9.17, 15) is 14.0 Å². The van der Waals surface area contributed by atoms with Crippen molar-refractivity contribution in [2.75, 3.05) is 5.32 Å². The maximum absolute atomic E-state index is 13.2. The molecule has 0 aliphatic heterocycles. The molecular formula is C12H11FN4O3. The van der Waals surface area contributed by atoms with Crippen molar-refractivity contribution >= 4 is 17.6 Å². The van der Waals surface area contributed by atoms with Gasteiger partial charge in [-0.25, -0.2) is 14.2 Å². The molecule has 20 heavy (non-hydrogen) atoms. The van der Waals surface area contributed by atoms with E-state index in [-0.39, 0.29) is 18.0 Å². The van der Waals surface area contributed by atoms with Crippen LogP contribution in [0.4, 0.5) is 10.1 Å². The van der Waals surface area contributed by atoms with Gasteiger partial charge in [-0.1, -0.05) is 0 Å². The molecule has 0 saturated carbocycles. The standard InChI is InChI=1S/C12H11FN4O3/c13-10-2-1-8(5-9(10)12(19)20)16-11(18)3-4-17-7-14-6-15-17/h1-2,5-7H,3-4H2,(H,16,18)(H,19,20). The van der Waals surface area contributed by atoms with E-state index in [1.165, 1.54) is 23.4 Å². The van der Waals surface area contributed by atoms with Crippen LogP contribution in [0.5, 0.6) is 0 Å². The third-order valence-corrected chi connectivity index (χ3v) is 2.52. The molecule has 0 spiro atoms. The fourth-order valence-electron chi connectivity index (χ4n) is 1.55. The van der Waals surface area contributed by atoms with E-state index in [1.54, 1.807) is 0 Å². The SMILES string of the molecule is O=C(CCn1cncn1)Nc1ccc(F)c(C(=O)O)c1. The fraction of sp³-hybridized carbons (Fsp3) is 0.167. The van der Waals surface area contributed by atoms with Crippen LogP contribution in [0.25, 0.3) is 0 Å². The van der Waals surface area contributed by atoms with Crippen molar-refractivity contribution in [1.29, 1.82) is 0 Å². The van der Waals surface area contributed by atoms with Crippen molar-refractivity contribution in [1.82, 2.24) is 14.8 Å². The first-order chi connectivity index (χ1) is 9.56. The monoisotopic (exact) mass is 278 g/mol. The second kappa shape index (κ2) is 5.91. The van der Waals surface area contributed by atoms with Crippen LogP contribution in [-0.2, 0) is 11.3 Å². The molecule has 0 bridgehead atoms. The molecule has 0 aliphatic rings. The Morgan fingerprint density at radius 3 is 2.85 bits per heavy atom. The molecule has 2 N–H and O–H groups in total. The van der Waals surface area contributed by atoms with Crippen molar-refractivity contribution < 1.29 is 19.1 Å². The van der Waals surface area contributed by atoms with E-state index < -0.39 is 17.3 Å². The fourth-order valence-corrected chi connectivity index (χ4v) is 1.55. The number of anilines is 1. The van der Waals surface area contributed by atoms with Crippen LogP contribution in [0.1, 0.15) is 16.8 Å². The average Bonchev–Trinajstić information content (AvgIpc) is 2.91. The van der Waals surface area contributed by atoms with Gasteiger partial charge in [0.2, 0.25) is 5.91 Å². The van der Waals surface area contributed by atoms with Crippen LogP contribution in [0.3, 0.4) is 0 Å². The van der Waals surface area contributed by atoms with E-state index in [0.717, 1.165) is 12.1 Å². The topological polar surface area (TPSA) is 97.1 Å². The van der Waals surface area contributed by atoms with E-state index >= 15 is 0 Å². The number of rotatable bonds is 5. The molecule has 0 radical (unpaired) electrons. The third-order valence-electron chi connectivity index (χ3n) is 2.52. The number of amides is 1. The van der Waals surface area contributed by atoms with Gasteiger partial charge < -0.3 is 10.4 Å². The average molecular weight is 278 g/mol. The summed E-state index contributed by atoms with van der Waals surface area (Å²) in [7, 11) is 0. The smallest absolute Gasteiger partial charge is 0.338 e. The number of hydrogen-bond donors (Lipinski definition) is 2. The number of carbonyl (C=O) groups excluding carboxylic acids is 1. The Bertz CT molecular complexity index is 628. The Balaban J connectivity index is 1.97. The van der Waals surface area contributed by atoms with Gasteiger partial charge in [0.15, 0.2) is 0 Å². The number of halogens is 1. The molecule has 1 aromatic carbocycles. The summed E-state index contributed by atoms with van der Waals surface area (Å²) in [5, 5.41) is 15.1. The van der Waals surface area contributed by atoms with Gasteiger partial charge in [-0.3, -0.25) is 9.48 Å². The van der Waals surface area contributed by atoms with Gasteiger partial charge in [-0.15, -0.1) is 0 Å². The van der Waals surface area contributed by atoms with E-state index in [0.29, 0.717) is 6.54 Å². The van der Waals surface area contributed by atoms with Crippen LogP contribution < -0.4 is 5.32 Å². The summed E-state index contributed by atoms with van der Waals surface area (Å²) in [4.78, 5) is 26.2. The summed E-state index contributed by atoms with van der Waals surface area (Å²) in [6, 6.07) is 3.37. The molecular weight excluding hydrogens is 267 g/mol. The number of aromatic nitrogens is 3. The number of carboxylic acid groups (broad SMARTS) is 1. The summed E-state index contributed by atoms with van der Waals surface area (Å²) < 4.78 is 14.7. The summed E-state index contributed by atoms with van der Waals surface area (Å²) in [5.74, 6) is -2.57. The Hall–Kier alpha value is -2.77. The molecule has 1 amide bonds. The van der Waals surface area contributed by atoms with Crippen molar-refractivity contribution in [2.45, 2.75) is 13.0 Å². The number of benzene rings is 1. The van der Waals surface area contributed by atoms with E-state index in [1.807, 2.05) is 0 Å². The van der Waals surface area contributed by atoms with Crippen LogP contribution in [0.15, 0.2) is 30.9 Å². The predicted molar refractivity (Wildman–Crippen MR) is 66.6 cm³/mol. The highest BCUT2D eigenvalue weighted by molar-refractivity contribution is 5.94. The highest BCUT2D eigenvalue weighted by atomic mass is 19.1. The molecule has 7 nitrogen and oxygen atoms in total. The minimum atomic E-state index is -1.39. The first-order valence-corrected chi connectivity index (χ1v) is 5.71. The zero-order chi connectivity index (χ0) is 14.5. The van der Waals surface area contributed by atoms with Gasteiger partial charge >= 0.3 is 5.97 Å². The van der Waals surface area contributed by atoms with Gasteiger partial charge in [-0.05, 0) is 18.2 Å². The number of hydrogen-bond acceptors (Lipinski definition) is 4. The Morgan fingerprint density at radius 1 is 1.40 bits per heavy atom. The second-order valence-electron chi connectivity index (χ2n) is 3.96. The molecule has 1 heterocycles. The van der Waals surface area contributed by atoms with Crippen LogP contribution >= 0.6 is 0 Å². The highest BCUT2D eigenvalue weighted by Gasteiger charge is 2.12. The lowest BCUT2D eigenvalue weighted by atomic mass is 10.2. The Kier molecular flexibility index (Phi) is 4.04. The lowest BCUT2D eigenvalue weighted by molar-refractivity contribution is -0.116. The quantitative estimate of drug-likeness (QED) is 0.854. The third kappa shape index (κ3) is 3.37. The van der Waals surface area contributed by atoms with Crippen molar-refractivity contribution in [2.24, 2.45) is 0 Å². The number of aromatic carboxylic acids is 1. The Labute approximate surface area is 113 Å². The predicted octanol–water partition coefficient (Wildman–Crippen LogP) is 1.14. The molecule has 0 atom stereocenters. The summed E-state index contributed by atoms with van der Waals surface area (Å²) in [5.41, 5.74) is -0.258. The second-order valence-corrected chi connectivity index (χ2v) is 3.96. The van der Waals surface area contributed by atoms with Gasteiger partial charge in [-0.2, -0.15) is 5.10 Å². The molecule has 1 aromatic heterocycles. The van der Waals surface area contributed by atoms with Gasteiger partial charge in [0.25, 0.3) is 0 Å². The number of carboxylic acids is 1. The molecule has 0 fully saturated rings. The minimum absolute atomic E-state index is 0.142. The summed E-state index contributed by atoms with van der Waals surface area (Å²) >= 11 is 0. The largest absolute Gasteiger partial charge is 0.478 e. The lowest BCUT2D eigenvalue weighted by Crippen LogP contribution is -2.15. The van der Waals surface area contributed by atoms with Crippen molar-refractivity contribution in [3.8, 4) is 0 Å². The maximum atomic E-state index is 13.2. The van der Waals surface area contributed by atoms with E-state index in [4.69, 9.17) is 5.11 Å². The van der Waals surface area contributed by atoms with Gasteiger partial charge in [0, 0.05) is 12.1 Å². The maximum Gasteiger partial charge on any atom is 0.338 e. The number of aryl methyl sites for hydroxylation is 1. The van der Waals surface area contributed by atoms with E-state index in [2.05, 4.69) is 15.4 Å². The molecule has 8 heteroatoms. The zero-order valence-corrected chi connectivity index (χ0v) is 10.3. The Morgan fingerprint density at radius 2 is 2.20 bits per heavy atom. The van der Waals surface area contributed by atoms with Crippen LogP contribution in [0.2, 0.25) is 0 Å². The lowest BCUT2D eigenvalue weighted by Gasteiger charge is -2.06. The van der Waals surface area contributed by atoms with Crippen molar-refractivity contribution in [3.63, 3.8) is 0 Å². The van der Waals surface area contributed by atoms with Crippen LogP contribution in [-0.4, -0.2) is 31.7 Å². The number of nitrogens with one attached hydrogen (secondary N) is 1. The van der Waals surface area contributed by atoms with Crippen LogP contribution in [0, 0.1) is 5.82 Å². The zero-order valence-electron chi connectivity index (χ0n) is 10.3.